The van der Waals surface area contributed by atoms with E-state index in [1.54, 1.807) is 38.9 Å². The highest BCUT2D eigenvalue weighted by atomic mass is 16.5. The zero-order chi connectivity index (χ0) is 17.6. The molecule has 3 rings (SSSR count). The molecular formula is C19H19NO5. The molecule has 130 valence electrons. The SMILES string of the molecule is COc1ccc(CC(=O)NCc2ccc(-c3ccoc3)o2)cc1OC. The van der Waals surface area contributed by atoms with Crippen LogP contribution in [-0.4, -0.2) is 20.1 Å². The summed E-state index contributed by atoms with van der Waals surface area (Å²) >= 11 is 0. The van der Waals surface area contributed by atoms with Gasteiger partial charge < -0.3 is 23.6 Å². The van der Waals surface area contributed by atoms with Crippen LogP contribution in [0.3, 0.4) is 0 Å². The lowest BCUT2D eigenvalue weighted by Gasteiger charge is -2.09. The van der Waals surface area contributed by atoms with Crippen LogP contribution in [0.5, 0.6) is 11.5 Å². The van der Waals surface area contributed by atoms with Gasteiger partial charge in [-0.1, -0.05) is 6.07 Å². The summed E-state index contributed by atoms with van der Waals surface area (Å²) in [6.45, 7) is 0.323. The van der Waals surface area contributed by atoms with Crippen LogP contribution in [0.25, 0.3) is 11.3 Å². The predicted octanol–water partition coefficient (Wildman–Crippen LogP) is 3.42. The molecule has 1 N–H and O–H groups in total. The summed E-state index contributed by atoms with van der Waals surface area (Å²) in [5, 5.41) is 2.84. The molecular weight excluding hydrogens is 322 g/mol. The monoisotopic (exact) mass is 341 g/mol. The molecule has 2 aromatic heterocycles. The highest BCUT2D eigenvalue weighted by Crippen LogP contribution is 2.27. The molecule has 0 atom stereocenters. The normalized spacial score (nSPS) is 10.5. The van der Waals surface area contributed by atoms with E-state index in [2.05, 4.69) is 5.32 Å². The number of benzene rings is 1. The van der Waals surface area contributed by atoms with Gasteiger partial charge in [-0.15, -0.1) is 0 Å². The molecule has 0 aliphatic carbocycles. The molecule has 1 aromatic carbocycles. The van der Waals surface area contributed by atoms with E-state index < -0.39 is 0 Å². The predicted molar refractivity (Wildman–Crippen MR) is 91.5 cm³/mol. The topological polar surface area (TPSA) is 73.8 Å². The second-order valence-corrected chi connectivity index (χ2v) is 5.42. The average Bonchev–Trinajstić information content (AvgIpc) is 3.31. The molecule has 6 heteroatoms. The third-order valence-corrected chi connectivity index (χ3v) is 3.74. The van der Waals surface area contributed by atoms with Gasteiger partial charge in [-0.25, -0.2) is 0 Å². The molecule has 1 amide bonds. The van der Waals surface area contributed by atoms with Crippen LogP contribution in [0.4, 0.5) is 0 Å². The van der Waals surface area contributed by atoms with E-state index >= 15 is 0 Å². The largest absolute Gasteiger partial charge is 0.493 e. The molecule has 0 saturated carbocycles. The maximum atomic E-state index is 12.1. The minimum absolute atomic E-state index is 0.103. The van der Waals surface area contributed by atoms with Gasteiger partial charge in [-0.2, -0.15) is 0 Å². The molecule has 0 fully saturated rings. The van der Waals surface area contributed by atoms with Crippen molar-refractivity contribution in [3.63, 3.8) is 0 Å². The van der Waals surface area contributed by atoms with Gasteiger partial charge in [0.05, 0.1) is 39.0 Å². The Morgan fingerprint density at radius 1 is 1.08 bits per heavy atom. The van der Waals surface area contributed by atoms with Gasteiger partial charge in [-0.05, 0) is 35.9 Å². The maximum absolute atomic E-state index is 12.1. The first-order valence-corrected chi connectivity index (χ1v) is 7.78. The zero-order valence-corrected chi connectivity index (χ0v) is 14.1. The third kappa shape index (κ3) is 4.03. The van der Waals surface area contributed by atoms with Gasteiger partial charge in [0, 0.05) is 0 Å². The first-order valence-electron chi connectivity index (χ1n) is 7.78. The van der Waals surface area contributed by atoms with Crippen molar-refractivity contribution < 1.29 is 23.1 Å². The fourth-order valence-electron chi connectivity index (χ4n) is 2.46. The van der Waals surface area contributed by atoms with Crippen LogP contribution >= 0.6 is 0 Å². The first-order chi connectivity index (χ1) is 12.2. The lowest BCUT2D eigenvalue weighted by Crippen LogP contribution is -2.24. The zero-order valence-electron chi connectivity index (χ0n) is 14.1. The van der Waals surface area contributed by atoms with Gasteiger partial charge in [-0.3, -0.25) is 4.79 Å². The van der Waals surface area contributed by atoms with E-state index in [-0.39, 0.29) is 12.3 Å². The van der Waals surface area contributed by atoms with Crippen LogP contribution < -0.4 is 14.8 Å². The quantitative estimate of drug-likeness (QED) is 0.713. The summed E-state index contributed by atoms with van der Waals surface area (Å²) in [6, 6.07) is 10.9. The highest BCUT2D eigenvalue weighted by Gasteiger charge is 2.10. The number of hydrogen-bond acceptors (Lipinski definition) is 5. The molecule has 0 bridgehead atoms. The second-order valence-electron chi connectivity index (χ2n) is 5.42. The van der Waals surface area contributed by atoms with Crippen molar-refractivity contribution in [2.24, 2.45) is 0 Å². The Balaban J connectivity index is 1.56. The number of hydrogen-bond donors (Lipinski definition) is 1. The highest BCUT2D eigenvalue weighted by molar-refractivity contribution is 5.78. The number of furan rings is 2. The maximum Gasteiger partial charge on any atom is 0.224 e. The summed E-state index contributed by atoms with van der Waals surface area (Å²) in [6.07, 6.45) is 3.44. The molecule has 0 aliphatic rings. The average molecular weight is 341 g/mol. The fraction of sp³-hybridized carbons (Fsp3) is 0.211. The van der Waals surface area contributed by atoms with E-state index in [0.717, 1.165) is 11.1 Å². The van der Waals surface area contributed by atoms with Crippen LogP contribution in [0.2, 0.25) is 0 Å². The van der Waals surface area contributed by atoms with Crippen LogP contribution in [0.15, 0.2) is 57.8 Å². The Bertz CT molecular complexity index is 835. The molecule has 0 aliphatic heterocycles. The van der Waals surface area contributed by atoms with E-state index in [1.165, 1.54) is 0 Å². The van der Waals surface area contributed by atoms with E-state index in [4.69, 9.17) is 18.3 Å². The van der Waals surface area contributed by atoms with Crippen molar-refractivity contribution in [2.75, 3.05) is 14.2 Å². The molecule has 3 aromatic rings. The smallest absolute Gasteiger partial charge is 0.224 e. The van der Waals surface area contributed by atoms with Gasteiger partial charge >= 0.3 is 0 Å². The summed E-state index contributed by atoms with van der Waals surface area (Å²) in [7, 11) is 3.14. The number of carbonyl (C=O) groups is 1. The van der Waals surface area contributed by atoms with E-state index in [9.17, 15) is 4.79 Å². The second kappa shape index (κ2) is 7.61. The van der Waals surface area contributed by atoms with Crippen molar-refractivity contribution in [1.29, 1.82) is 0 Å². The van der Waals surface area contributed by atoms with E-state index in [1.807, 2.05) is 24.3 Å². The lowest BCUT2D eigenvalue weighted by molar-refractivity contribution is -0.120. The number of amides is 1. The van der Waals surface area contributed by atoms with Crippen LogP contribution in [0.1, 0.15) is 11.3 Å². The molecule has 0 saturated heterocycles. The van der Waals surface area contributed by atoms with Crippen LogP contribution in [0, 0.1) is 0 Å². The molecule has 25 heavy (non-hydrogen) atoms. The third-order valence-electron chi connectivity index (χ3n) is 3.74. The van der Waals surface area contributed by atoms with Gasteiger partial charge in [0.1, 0.15) is 17.8 Å². The molecule has 2 heterocycles. The number of rotatable bonds is 7. The summed E-state index contributed by atoms with van der Waals surface area (Å²) in [5.41, 5.74) is 1.71. The number of ether oxygens (including phenoxy) is 2. The fourth-order valence-corrected chi connectivity index (χ4v) is 2.46. The van der Waals surface area contributed by atoms with Crippen molar-refractivity contribution in [3.8, 4) is 22.8 Å². The summed E-state index contributed by atoms with van der Waals surface area (Å²) in [5.74, 6) is 2.51. The Morgan fingerprint density at radius 3 is 2.64 bits per heavy atom. The summed E-state index contributed by atoms with van der Waals surface area (Å²) < 4.78 is 21.1. The molecule has 0 radical (unpaired) electrons. The van der Waals surface area contributed by atoms with Crippen LogP contribution in [-0.2, 0) is 17.8 Å². The van der Waals surface area contributed by atoms with Crippen molar-refractivity contribution in [3.05, 3.63) is 60.2 Å². The molecule has 6 nitrogen and oxygen atoms in total. The number of methoxy groups -OCH3 is 2. The minimum Gasteiger partial charge on any atom is -0.493 e. The van der Waals surface area contributed by atoms with Crippen molar-refractivity contribution in [2.45, 2.75) is 13.0 Å². The Hall–Kier alpha value is -3.15. The lowest BCUT2D eigenvalue weighted by atomic mass is 10.1. The molecule has 0 spiro atoms. The van der Waals surface area contributed by atoms with E-state index in [0.29, 0.717) is 29.6 Å². The Morgan fingerprint density at radius 2 is 1.92 bits per heavy atom. The Labute approximate surface area is 145 Å². The summed E-state index contributed by atoms with van der Waals surface area (Å²) in [4.78, 5) is 12.1. The van der Waals surface area contributed by atoms with Gasteiger partial charge in [0.15, 0.2) is 11.5 Å². The Kier molecular flexibility index (Phi) is 5.09. The molecule has 0 unspecified atom stereocenters. The van der Waals surface area contributed by atoms with Gasteiger partial charge in [0.25, 0.3) is 0 Å². The number of carbonyl (C=O) groups excluding carboxylic acids is 1. The standard InChI is InChI=1S/C19H19NO5/c1-22-17-5-3-13(9-18(17)23-2)10-19(21)20-11-15-4-6-16(25-15)14-7-8-24-12-14/h3-9,12H,10-11H2,1-2H3,(H,20,21). The minimum atomic E-state index is -0.103. The van der Waals surface area contributed by atoms with Crippen molar-refractivity contribution >= 4 is 5.91 Å². The van der Waals surface area contributed by atoms with Gasteiger partial charge in [0.2, 0.25) is 5.91 Å². The number of nitrogens with one attached hydrogen (secondary N) is 1. The first kappa shape index (κ1) is 16.7. The van der Waals surface area contributed by atoms with Crippen molar-refractivity contribution in [1.82, 2.24) is 5.32 Å².